The zero-order valence-corrected chi connectivity index (χ0v) is 21.6. The number of sulfonamides is 2. The third-order valence-corrected chi connectivity index (χ3v) is 10.2. The van der Waals surface area contributed by atoms with Crippen LogP contribution in [-0.4, -0.2) is 46.9 Å². The average Bonchev–Trinajstić information content (AvgIpc) is 3.08. The molecule has 2 aromatic rings. The molecule has 2 aromatic carbocycles. The van der Waals surface area contributed by atoms with Gasteiger partial charge >= 0.3 is 0 Å². The van der Waals surface area contributed by atoms with E-state index < -0.39 is 20.0 Å². The van der Waals surface area contributed by atoms with E-state index in [1.807, 2.05) is 6.92 Å². The number of halogens is 1. The standard InChI is InChI=1S/C23H30ClN3O5S2/c1-16-11-18(3-6-22(16)33(25,28)29)14-26-21-5-4-19(12-20(21)24)34(30,31)27-15-23(13-17(27)2)7-9-32-10-8-23/h3-6,11-12,17,26H,7-10,13-15H2,1-2H3,(H2,25,28,29)/t17-/m1/s1. The summed E-state index contributed by atoms with van der Waals surface area (Å²) in [6, 6.07) is 9.51. The van der Waals surface area contributed by atoms with Crippen molar-refractivity contribution in [2.75, 3.05) is 25.1 Å². The van der Waals surface area contributed by atoms with E-state index >= 15 is 0 Å². The van der Waals surface area contributed by atoms with Crippen molar-refractivity contribution in [1.82, 2.24) is 4.31 Å². The van der Waals surface area contributed by atoms with E-state index in [1.165, 1.54) is 12.1 Å². The molecule has 4 rings (SSSR count). The smallest absolute Gasteiger partial charge is 0.243 e. The Hall–Kier alpha value is -1.69. The second-order valence-corrected chi connectivity index (χ2v) is 13.2. The van der Waals surface area contributed by atoms with Crippen molar-refractivity contribution in [3.63, 3.8) is 0 Å². The van der Waals surface area contributed by atoms with Crippen LogP contribution in [0.25, 0.3) is 0 Å². The summed E-state index contributed by atoms with van der Waals surface area (Å²) >= 11 is 6.45. The van der Waals surface area contributed by atoms with Crippen molar-refractivity contribution >= 4 is 37.3 Å². The van der Waals surface area contributed by atoms with Crippen molar-refractivity contribution < 1.29 is 21.6 Å². The molecular formula is C23H30ClN3O5S2. The third kappa shape index (κ3) is 5.12. The maximum atomic E-state index is 13.4. The maximum absolute atomic E-state index is 13.4. The molecule has 8 nitrogen and oxygen atoms in total. The summed E-state index contributed by atoms with van der Waals surface area (Å²) in [6.07, 6.45) is 2.60. The van der Waals surface area contributed by atoms with Gasteiger partial charge in [-0.2, -0.15) is 4.31 Å². The first-order valence-electron chi connectivity index (χ1n) is 11.2. The fourth-order valence-corrected chi connectivity index (χ4v) is 7.89. The molecule has 0 radical (unpaired) electrons. The Kier molecular flexibility index (Phi) is 7.03. The molecule has 0 aliphatic carbocycles. The molecule has 0 bridgehead atoms. The molecule has 186 valence electrons. The van der Waals surface area contributed by atoms with Gasteiger partial charge in [-0.25, -0.2) is 22.0 Å². The van der Waals surface area contributed by atoms with Crippen molar-refractivity contribution in [3.05, 3.63) is 52.5 Å². The Morgan fingerprint density at radius 2 is 1.85 bits per heavy atom. The van der Waals surface area contributed by atoms with Crippen LogP contribution in [-0.2, 0) is 31.3 Å². The minimum Gasteiger partial charge on any atom is -0.381 e. The lowest BCUT2D eigenvalue weighted by atomic mass is 9.78. The summed E-state index contributed by atoms with van der Waals surface area (Å²) in [7, 11) is -7.45. The number of nitrogens with zero attached hydrogens (tertiary/aromatic N) is 1. The van der Waals surface area contributed by atoms with Crippen LogP contribution in [0.1, 0.15) is 37.3 Å². The molecule has 2 aliphatic rings. The van der Waals surface area contributed by atoms with Crippen LogP contribution in [0.15, 0.2) is 46.2 Å². The van der Waals surface area contributed by atoms with Crippen LogP contribution in [0, 0.1) is 12.3 Å². The number of nitrogens with two attached hydrogens (primary N) is 1. The van der Waals surface area contributed by atoms with Crippen molar-refractivity contribution in [1.29, 1.82) is 0 Å². The van der Waals surface area contributed by atoms with Crippen LogP contribution in [0.2, 0.25) is 5.02 Å². The van der Waals surface area contributed by atoms with Gasteiger partial charge < -0.3 is 10.1 Å². The van der Waals surface area contributed by atoms with Gasteiger partial charge in [-0.15, -0.1) is 0 Å². The van der Waals surface area contributed by atoms with Gasteiger partial charge in [-0.3, -0.25) is 0 Å². The number of nitrogens with one attached hydrogen (secondary N) is 1. The Morgan fingerprint density at radius 3 is 2.47 bits per heavy atom. The molecule has 0 unspecified atom stereocenters. The van der Waals surface area contributed by atoms with Gasteiger partial charge in [0.2, 0.25) is 20.0 Å². The van der Waals surface area contributed by atoms with Crippen LogP contribution in [0.5, 0.6) is 0 Å². The Balaban J connectivity index is 1.48. The fourth-order valence-electron chi connectivity index (χ4n) is 5.04. The first kappa shape index (κ1) is 25.4. The van der Waals surface area contributed by atoms with Gasteiger partial charge in [0.1, 0.15) is 0 Å². The van der Waals surface area contributed by atoms with E-state index in [9.17, 15) is 16.8 Å². The van der Waals surface area contributed by atoms with Gasteiger partial charge in [0.05, 0.1) is 20.5 Å². The number of aryl methyl sites for hydroxylation is 1. The molecule has 0 amide bonds. The maximum Gasteiger partial charge on any atom is 0.243 e. The third-order valence-electron chi connectivity index (χ3n) is 6.84. The van der Waals surface area contributed by atoms with E-state index in [4.69, 9.17) is 21.5 Å². The summed E-state index contributed by atoms with van der Waals surface area (Å²) in [5.74, 6) is 0. The zero-order chi connectivity index (χ0) is 24.7. The lowest BCUT2D eigenvalue weighted by molar-refractivity contribution is 0.0218. The molecular weight excluding hydrogens is 498 g/mol. The Labute approximate surface area is 206 Å². The molecule has 2 fully saturated rings. The summed E-state index contributed by atoms with van der Waals surface area (Å²) in [4.78, 5) is 0.259. The van der Waals surface area contributed by atoms with Gasteiger partial charge in [-0.1, -0.05) is 23.7 Å². The predicted octanol–water partition coefficient (Wildman–Crippen LogP) is 3.49. The van der Waals surface area contributed by atoms with E-state index in [2.05, 4.69) is 5.32 Å². The largest absolute Gasteiger partial charge is 0.381 e. The van der Waals surface area contributed by atoms with E-state index in [0.29, 0.717) is 42.6 Å². The normalized spacial score (nSPS) is 21.1. The van der Waals surface area contributed by atoms with Gasteiger partial charge in [0.15, 0.2) is 0 Å². The lowest BCUT2D eigenvalue weighted by Gasteiger charge is -2.33. The number of anilines is 1. The molecule has 34 heavy (non-hydrogen) atoms. The van der Waals surface area contributed by atoms with Crippen LogP contribution in [0.3, 0.4) is 0 Å². The van der Waals surface area contributed by atoms with Crippen molar-refractivity contribution in [2.45, 2.75) is 55.5 Å². The molecule has 2 aliphatic heterocycles. The Morgan fingerprint density at radius 1 is 1.15 bits per heavy atom. The number of rotatable bonds is 6. The quantitative estimate of drug-likeness (QED) is 0.593. The minimum absolute atomic E-state index is 0.00700. The monoisotopic (exact) mass is 527 g/mol. The van der Waals surface area contributed by atoms with Gasteiger partial charge in [0, 0.05) is 32.3 Å². The average molecular weight is 528 g/mol. The van der Waals surface area contributed by atoms with E-state index in [1.54, 1.807) is 35.5 Å². The fraction of sp³-hybridized carbons (Fsp3) is 0.478. The Bertz CT molecular complexity index is 1290. The van der Waals surface area contributed by atoms with Crippen LogP contribution in [0.4, 0.5) is 5.69 Å². The number of hydrogen-bond donors (Lipinski definition) is 2. The summed E-state index contributed by atoms with van der Waals surface area (Å²) < 4.78 is 57.1. The highest BCUT2D eigenvalue weighted by molar-refractivity contribution is 7.89. The summed E-state index contributed by atoms with van der Waals surface area (Å²) in [6.45, 7) is 5.88. The predicted molar refractivity (Wildman–Crippen MR) is 132 cm³/mol. The van der Waals surface area contributed by atoms with Crippen molar-refractivity contribution in [3.8, 4) is 0 Å². The second-order valence-electron chi connectivity index (χ2n) is 9.36. The number of benzene rings is 2. The summed E-state index contributed by atoms with van der Waals surface area (Å²) in [5, 5.41) is 8.70. The molecule has 2 heterocycles. The molecule has 0 saturated carbocycles. The van der Waals surface area contributed by atoms with E-state index in [-0.39, 0.29) is 21.2 Å². The number of primary sulfonamides is 1. The first-order valence-corrected chi connectivity index (χ1v) is 14.5. The SMILES string of the molecule is Cc1cc(CNc2ccc(S(=O)(=O)N3CC4(CCOCC4)C[C@H]3C)cc2Cl)ccc1S(N)(=O)=O. The van der Waals surface area contributed by atoms with Crippen molar-refractivity contribution in [2.24, 2.45) is 10.6 Å². The lowest BCUT2D eigenvalue weighted by Crippen LogP contribution is -2.37. The highest BCUT2D eigenvalue weighted by Crippen LogP contribution is 2.45. The molecule has 11 heteroatoms. The van der Waals surface area contributed by atoms with E-state index in [0.717, 1.165) is 24.8 Å². The molecule has 2 saturated heterocycles. The van der Waals surface area contributed by atoms with Gasteiger partial charge in [0.25, 0.3) is 0 Å². The summed E-state index contributed by atoms with van der Waals surface area (Å²) in [5.41, 5.74) is 1.97. The highest BCUT2D eigenvalue weighted by atomic mass is 35.5. The zero-order valence-electron chi connectivity index (χ0n) is 19.3. The second kappa shape index (κ2) is 9.40. The minimum atomic E-state index is -3.77. The number of ether oxygens (including phenoxy) is 1. The molecule has 1 spiro atoms. The van der Waals surface area contributed by atoms with Crippen LogP contribution >= 0.6 is 11.6 Å². The number of hydrogen-bond acceptors (Lipinski definition) is 6. The van der Waals surface area contributed by atoms with Gasteiger partial charge in [-0.05, 0) is 73.9 Å². The molecule has 1 atom stereocenters. The molecule has 3 N–H and O–H groups in total. The topological polar surface area (TPSA) is 119 Å². The molecule has 0 aromatic heterocycles. The first-order chi connectivity index (χ1) is 15.9. The van der Waals surface area contributed by atoms with Crippen LogP contribution < -0.4 is 10.5 Å². The highest BCUT2D eigenvalue weighted by Gasteiger charge is 2.47.